The molecule has 2 aromatic rings. The molecule has 1 aromatic carbocycles. The molecule has 0 bridgehead atoms. The van der Waals surface area contributed by atoms with Gasteiger partial charge in [-0.25, -0.2) is 4.99 Å². The van der Waals surface area contributed by atoms with E-state index in [4.69, 9.17) is 14.0 Å². The number of nitrogens with one attached hydrogen (secondary N) is 2. The molecule has 31 heavy (non-hydrogen) atoms. The topological polar surface area (TPSA) is 93.8 Å². The van der Waals surface area contributed by atoms with Gasteiger partial charge in [0.15, 0.2) is 23.3 Å². The lowest BCUT2D eigenvalue weighted by molar-refractivity contribution is 0.287. The molecular formula is C22H36IN5O3. The van der Waals surface area contributed by atoms with Crippen molar-refractivity contribution in [3.63, 3.8) is 0 Å². The molecule has 0 aliphatic carbocycles. The van der Waals surface area contributed by atoms with Crippen molar-refractivity contribution in [2.24, 2.45) is 4.99 Å². The van der Waals surface area contributed by atoms with E-state index in [1.807, 2.05) is 59.7 Å². The molecule has 0 aliphatic rings. The van der Waals surface area contributed by atoms with Crippen molar-refractivity contribution < 1.29 is 14.0 Å². The first-order chi connectivity index (χ1) is 14.3. The van der Waals surface area contributed by atoms with Gasteiger partial charge in [-0.3, -0.25) is 0 Å². The molecule has 1 atom stereocenters. The zero-order valence-corrected chi connectivity index (χ0v) is 21.9. The number of aromatic nitrogens is 2. The summed E-state index contributed by atoms with van der Waals surface area (Å²) in [7, 11) is 0. The van der Waals surface area contributed by atoms with E-state index in [1.165, 1.54) is 0 Å². The van der Waals surface area contributed by atoms with Gasteiger partial charge in [0.25, 0.3) is 0 Å². The van der Waals surface area contributed by atoms with E-state index in [-0.39, 0.29) is 35.4 Å². The largest absolute Gasteiger partial charge is 0.490 e. The summed E-state index contributed by atoms with van der Waals surface area (Å²) in [5, 5.41) is 10.7. The molecule has 2 rings (SSSR count). The molecule has 0 fully saturated rings. The van der Waals surface area contributed by atoms with Crippen molar-refractivity contribution in [1.82, 2.24) is 20.8 Å². The average Bonchev–Trinajstić information content (AvgIpc) is 3.17. The Bertz CT molecular complexity index is 833. The number of aliphatic imine (C=N–C) groups is 1. The second kappa shape index (κ2) is 12.7. The van der Waals surface area contributed by atoms with Crippen LogP contribution in [0.15, 0.2) is 27.7 Å². The minimum absolute atomic E-state index is 0. The van der Waals surface area contributed by atoms with Gasteiger partial charge < -0.3 is 24.6 Å². The van der Waals surface area contributed by atoms with Crippen LogP contribution in [0.1, 0.15) is 71.8 Å². The van der Waals surface area contributed by atoms with Gasteiger partial charge in [0.05, 0.1) is 19.3 Å². The number of nitrogens with zero attached hydrogens (tertiary/aromatic N) is 3. The Labute approximate surface area is 202 Å². The highest BCUT2D eigenvalue weighted by Crippen LogP contribution is 2.30. The van der Waals surface area contributed by atoms with E-state index in [9.17, 15) is 0 Å². The minimum atomic E-state index is -0.182. The zero-order valence-electron chi connectivity index (χ0n) is 19.6. The number of hydrogen-bond donors (Lipinski definition) is 2. The lowest BCUT2D eigenvalue weighted by Crippen LogP contribution is -2.38. The lowest BCUT2D eigenvalue weighted by Gasteiger charge is -2.20. The number of ether oxygens (including phenoxy) is 2. The van der Waals surface area contributed by atoms with Crippen molar-refractivity contribution in [2.45, 2.75) is 66.5 Å². The second-order valence-corrected chi connectivity index (χ2v) is 7.90. The molecule has 0 aliphatic heterocycles. The summed E-state index contributed by atoms with van der Waals surface area (Å²) in [5.41, 5.74) is 0.889. The molecular weight excluding hydrogens is 509 g/mol. The highest BCUT2D eigenvalue weighted by Gasteiger charge is 2.21. The normalized spacial score (nSPS) is 12.7. The van der Waals surface area contributed by atoms with Gasteiger partial charge in [0, 0.05) is 12.0 Å². The molecule has 9 heteroatoms. The van der Waals surface area contributed by atoms with E-state index >= 15 is 0 Å². The number of guanidine groups is 1. The van der Waals surface area contributed by atoms with Crippen LogP contribution in [0.2, 0.25) is 0 Å². The third-order valence-corrected chi connectivity index (χ3v) is 4.25. The predicted octanol–water partition coefficient (Wildman–Crippen LogP) is 4.60. The summed E-state index contributed by atoms with van der Waals surface area (Å²) >= 11 is 0. The first-order valence-electron chi connectivity index (χ1n) is 10.6. The van der Waals surface area contributed by atoms with Gasteiger partial charge in [-0.05, 0) is 45.4 Å². The SMILES string of the molecule is CCNC(=NCc1noc(C(C)(C)C)n1)NC(C)c1ccc(OCC)c(OCC)c1.I. The zero-order chi connectivity index (χ0) is 22.1. The van der Waals surface area contributed by atoms with E-state index in [1.54, 1.807) is 0 Å². The smallest absolute Gasteiger partial charge is 0.232 e. The van der Waals surface area contributed by atoms with Gasteiger partial charge >= 0.3 is 0 Å². The monoisotopic (exact) mass is 545 g/mol. The molecule has 0 radical (unpaired) electrons. The second-order valence-electron chi connectivity index (χ2n) is 7.90. The van der Waals surface area contributed by atoms with E-state index < -0.39 is 0 Å². The van der Waals surface area contributed by atoms with E-state index in [0.29, 0.717) is 37.4 Å². The van der Waals surface area contributed by atoms with Crippen LogP contribution in [0, 0.1) is 0 Å². The average molecular weight is 545 g/mol. The van der Waals surface area contributed by atoms with Gasteiger partial charge in [-0.1, -0.05) is 32.0 Å². The molecule has 174 valence electrons. The maximum absolute atomic E-state index is 5.74. The summed E-state index contributed by atoms with van der Waals surface area (Å²) < 4.78 is 16.7. The Hall–Kier alpha value is -2.04. The minimum Gasteiger partial charge on any atom is -0.490 e. The Kier molecular flexibility index (Phi) is 11.1. The third kappa shape index (κ3) is 8.19. The van der Waals surface area contributed by atoms with Crippen LogP contribution in [0.3, 0.4) is 0 Å². The maximum Gasteiger partial charge on any atom is 0.232 e. The van der Waals surface area contributed by atoms with Crippen LogP contribution in [0.25, 0.3) is 0 Å². The predicted molar refractivity (Wildman–Crippen MR) is 134 cm³/mol. The first-order valence-corrected chi connectivity index (χ1v) is 10.6. The Balaban J connectivity index is 0.00000480. The molecule has 0 saturated heterocycles. The Morgan fingerprint density at radius 2 is 1.81 bits per heavy atom. The molecule has 1 heterocycles. The number of rotatable bonds is 9. The summed E-state index contributed by atoms with van der Waals surface area (Å²) in [5.74, 6) is 3.34. The van der Waals surface area contributed by atoms with Crippen LogP contribution in [0.4, 0.5) is 0 Å². The molecule has 1 aromatic heterocycles. The highest BCUT2D eigenvalue weighted by molar-refractivity contribution is 14.0. The summed E-state index contributed by atoms with van der Waals surface area (Å²) in [6.45, 7) is 16.4. The quantitative estimate of drug-likeness (QED) is 0.270. The molecule has 0 spiro atoms. The van der Waals surface area contributed by atoms with Crippen molar-refractivity contribution in [3.8, 4) is 11.5 Å². The number of halogens is 1. The first kappa shape index (κ1) is 27.0. The van der Waals surface area contributed by atoms with Crippen molar-refractivity contribution >= 4 is 29.9 Å². The summed E-state index contributed by atoms with van der Waals surface area (Å²) in [6.07, 6.45) is 0. The van der Waals surface area contributed by atoms with Crippen molar-refractivity contribution in [3.05, 3.63) is 35.5 Å². The van der Waals surface area contributed by atoms with Gasteiger partial charge in [-0.2, -0.15) is 4.98 Å². The van der Waals surface area contributed by atoms with E-state index in [0.717, 1.165) is 23.6 Å². The third-order valence-electron chi connectivity index (χ3n) is 4.25. The van der Waals surface area contributed by atoms with Crippen LogP contribution in [-0.4, -0.2) is 35.9 Å². The van der Waals surface area contributed by atoms with Crippen LogP contribution < -0.4 is 20.1 Å². The van der Waals surface area contributed by atoms with Crippen molar-refractivity contribution in [2.75, 3.05) is 19.8 Å². The fourth-order valence-corrected chi connectivity index (χ4v) is 2.72. The molecule has 1 unspecified atom stereocenters. The molecule has 0 amide bonds. The van der Waals surface area contributed by atoms with Gasteiger partial charge in [0.1, 0.15) is 6.54 Å². The molecule has 8 nitrogen and oxygen atoms in total. The number of hydrogen-bond acceptors (Lipinski definition) is 6. The summed E-state index contributed by atoms with van der Waals surface area (Å²) in [6, 6.07) is 5.99. The fourth-order valence-electron chi connectivity index (χ4n) is 2.72. The van der Waals surface area contributed by atoms with Crippen molar-refractivity contribution in [1.29, 1.82) is 0 Å². The van der Waals surface area contributed by atoms with E-state index in [2.05, 4.69) is 32.7 Å². The lowest BCUT2D eigenvalue weighted by atomic mass is 9.97. The number of benzene rings is 1. The molecule has 0 saturated carbocycles. The summed E-state index contributed by atoms with van der Waals surface area (Å²) in [4.78, 5) is 9.04. The Morgan fingerprint density at radius 1 is 1.13 bits per heavy atom. The van der Waals surface area contributed by atoms with Gasteiger partial charge in [0.2, 0.25) is 5.89 Å². The molecule has 2 N–H and O–H groups in total. The fraction of sp³-hybridized carbons (Fsp3) is 0.591. The maximum atomic E-state index is 5.74. The van der Waals surface area contributed by atoms with Crippen LogP contribution >= 0.6 is 24.0 Å². The van der Waals surface area contributed by atoms with Crippen LogP contribution in [-0.2, 0) is 12.0 Å². The highest BCUT2D eigenvalue weighted by atomic mass is 127. The van der Waals surface area contributed by atoms with Gasteiger partial charge in [-0.15, -0.1) is 24.0 Å². The van der Waals surface area contributed by atoms with Crippen LogP contribution in [0.5, 0.6) is 11.5 Å². The standard InChI is InChI=1S/C22H35N5O3.HI/c1-8-23-21(24-14-19-26-20(30-27-19)22(5,6)7)25-15(4)16-11-12-17(28-9-2)18(13-16)29-10-3;/h11-13,15H,8-10,14H2,1-7H3,(H2,23,24,25);1H. The Morgan fingerprint density at radius 3 is 2.39 bits per heavy atom.